The van der Waals surface area contributed by atoms with Gasteiger partial charge < -0.3 is 5.32 Å². The highest BCUT2D eigenvalue weighted by atomic mass is 14.9. The number of hydrogen-bond donors (Lipinski definition) is 1. The van der Waals surface area contributed by atoms with E-state index >= 15 is 0 Å². The molecule has 1 heteroatoms. The molecule has 1 unspecified atom stereocenters. The van der Waals surface area contributed by atoms with Gasteiger partial charge in [0.15, 0.2) is 0 Å². The number of nitrogens with one attached hydrogen (secondary N) is 1. The molecule has 0 amide bonds. The van der Waals surface area contributed by atoms with Crippen molar-refractivity contribution in [2.75, 3.05) is 7.05 Å². The van der Waals surface area contributed by atoms with Crippen molar-refractivity contribution >= 4 is 0 Å². The molecule has 1 atom stereocenters. The van der Waals surface area contributed by atoms with Crippen LogP contribution in [0.2, 0.25) is 0 Å². The van der Waals surface area contributed by atoms with Crippen LogP contribution in [0.25, 0.3) is 0 Å². The topological polar surface area (TPSA) is 12.0 Å². The van der Waals surface area contributed by atoms with Crippen LogP contribution in [0.4, 0.5) is 0 Å². The van der Waals surface area contributed by atoms with E-state index in [9.17, 15) is 0 Å². The standard InChI is InChI=1S/C15H19N/c1-3-4-10-14(16-2)15(11-12-15)13-8-6-5-7-9-13/h1,5-9,14,16H,4,10-12H2,2H3. The van der Waals surface area contributed by atoms with Crippen LogP contribution in [0.1, 0.15) is 31.2 Å². The maximum atomic E-state index is 5.36. The lowest BCUT2D eigenvalue weighted by Gasteiger charge is -2.26. The summed E-state index contributed by atoms with van der Waals surface area (Å²) >= 11 is 0. The number of likely N-dealkylation sites (N-methyl/N-ethyl adjacent to an activating group) is 1. The molecule has 1 N–H and O–H groups in total. The molecule has 0 bridgehead atoms. The van der Waals surface area contributed by atoms with Crippen molar-refractivity contribution in [2.24, 2.45) is 0 Å². The van der Waals surface area contributed by atoms with Crippen LogP contribution in [0.5, 0.6) is 0 Å². The van der Waals surface area contributed by atoms with Gasteiger partial charge in [0.1, 0.15) is 0 Å². The molecule has 1 saturated carbocycles. The summed E-state index contributed by atoms with van der Waals surface area (Å²) in [5, 5.41) is 3.44. The zero-order valence-electron chi connectivity index (χ0n) is 9.87. The predicted molar refractivity (Wildman–Crippen MR) is 68.3 cm³/mol. The van der Waals surface area contributed by atoms with Gasteiger partial charge in [0, 0.05) is 17.9 Å². The molecule has 1 nitrogen and oxygen atoms in total. The number of terminal acetylenes is 1. The Bertz CT molecular complexity index is 370. The zero-order valence-corrected chi connectivity index (χ0v) is 9.87. The Morgan fingerprint density at radius 2 is 2.06 bits per heavy atom. The summed E-state index contributed by atoms with van der Waals surface area (Å²) in [6.07, 6.45) is 9.86. The third-order valence-electron chi connectivity index (χ3n) is 3.73. The van der Waals surface area contributed by atoms with E-state index in [0.29, 0.717) is 11.5 Å². The molecule has 1 fully saturated rings. The van der Waals surface area contributed by atoms with E-state index < -0.39 is 0 Å². The Labute approximate surface area is 98.3 Å². The van der Waals surface area contributed by atoms with Crippen molar-refractivity contribution in [1.29, 1.82) is 0 Å². The van der Waals surface area contributed by atoms with Gasteiger partial charge in [-0.05, 0) is 31.9 Å². The van der Waals surface area contributed by atoms with Gasteiger partial charge in [0.05, 0.1) is 0 Å². The minimum Gasteiger partial charge on any atom is -0.316 e. The smallest absolute Gasteiger partial charge is 0.0170 e. The van der Waals surface area contributed by atoms with Gasteiger partial charge in [-0.3, -0.25) is 0 Å². The van der Waals surface area contributed by atoms with Crippen LogP contribution in [0.15, 0.2) is 30.3 Å². The maximum absolute atomic E-state index is 5.36. The van der Waals surface area contributed by atoms with E-state index in [1.807, 2.05) is 7.05 Å². The molecule has 0 heterocycles. The summed E-state index contributed by atoms with van der Waals surface area (Å²) in [6, 6.07) is 11.3. The fourth-order valence-corrected chi connectivity index (χ4v) is 2.67. The molecule has 1 aliphatic rings. The lowest BCUT2D eigenvalue weighted by molar-refractivity contribution is 0.423. The zero-order chi connectivity index (χ0) is 11.4. The Kier molecular flexibility index (Phi) is 3.31. The maximum Gasteiger partial charge on any atom is 0.0170 e. The Balaban J connectivity index is 2.15. The molecular weight excluding hydrogens is 194 g/mol. The first-order valence-corrected chi connectivity index (χ1v) is 6.00. The lowest BCUT2D eigenvalue weighted by Crippen LogP contribution is -2.37. The van der Waals surface area contributed by atoms with Gasteiger partial charge in [-0.25, -0.2) is 0 Å². The monoisotopic (exact) mass is 213 g/mol. The minimum absolute atomic E-state index is 0.354. The van der Waals surface area contributed by atoms with E-state index in [2.05, 4.69) is 41.6 Å². The second-order valence-corrected chi connectivity index (χ2v) is 4.61. The summed E-state index contributed by atoms with van der Waals surface area (Å²) in [5.74, 6) is 2.74. The van der Waals surface area contributed by atoms with Crippen LogP contribution in [0.3, 0.4) is 0 Å². The number of rotatable bonds is 5. The summed E-state index contributed by atoms with van der Waals surface area (Å²) < 4.78 is 0. The molecule has 0 aliphatic heterocycles. The third kappa shape index (κ3) is 1.99. The lowest BCUT2D eigenvalue weighted by atomic mass is 9.85. The van der Waals surface area contributed by atoms with E-state index in [1.54, 1.807) is 0 Å². The van der Waals surface area contributed by atoms with E-state index in [0.717, 1.165) is 12.8 Å². The predicted octanol–water partition coefficient (Wildman–Crippen LogP) is 2.72. The van der Waals surface area contributed by atoms with Gasteiger partial charge in [-0.1, -0.05) is 30.3 Å². The molecule has 1 aliphatic carbocycles. The van der Waals surface area contributed by atoms with Gasteiger partial charge in [0.2, 0.25) is 0 Å². The van der Waals surface area contributed by atoms with Crippen molar-refractivity contribution in [1.82, 2.24) is 5.32 Å². The number of benzene rings is 1. The fraction of sp³-hybridized carbons (Fsp3) is 0.467. The van der Waals surface area contributed by atoms with Crippen LogP contribution >= 0.6 is 0 Å². The molecule has 0 saturated heterocycles. The molecular formula is C15H19N. The van der Waals surface area contributed by atoms with Crippen molar-refractivity contribution in [3.63, 3.8) is 0 Å². The largest absolute Gasteiger partial charge is 0.316 e. The van der Waals surface area contributed by atoms with Crippen molar-refractivity contribution < 1.29 is 0 Å². The normalized spacial score (nSPS) is 18.8. The summed E-state index contributed by atoms with van der Waals surface area (Å²) in [7, 11) is 2.05. The summed E-state index contributed by atoms with van der Waals surface area (Å²) in [5.41, 5.74) is 1.82. The quantitative estimate of drug-likeness (QED) is 0.742. The molecule has 0 spiro atoms. The average molecular weight is 213 g/mol. The third-order valence-corrected chi connectivity index (χ3v) is 3.73. The first kappa shape index (κ1) is 11.2. The van der Waals surface area contributed by atoms with Crippen molar-refractivity contribution in [3.05, 3.63) is 35.9 Å². The first-order chi connectivity index (χ1) is 7.83. The van der Waals surface area contributed by atoms with Crippen molar-refractivity contribution in [2.45, 2.75) is 37.1 Å². The van der Waals surface area contributed by atoms with Gasteiger partial charge in [-0.15, -0.1) is 12.3 Å². The molecule has 16 heavy (non-hydrogen) atoms. The summed E-state index contributed by atoms with van der Waals surface area (Å²) in [6.45, 7) is 0. The molecule has 0 radical (unpaired) electrons. The van der Waals surface area contributed by atoms with Gasteiger partial charge in [-0.2, -0.15) is 0 Å². The van der Waals surface area contributed by atoms with Crippen LogP contribution in [-0.4, -0.2) is 13.1 Å². The number of hydrogen-bond acceptors (Lipinski definition) is 1. The van der Waals surface area contributed by atoms with Crippen LogP contribution in [0, 0.1) is 12.3 Å². The second kappa shape index (κ2) is 4.72. The highest BCUT2D eigenvalue weighted by Gasteiger charge is 2.49. The van der Waals surface area contributed by atoms with E-state index in [4.69, 9.17) is 6.42 Å². The summed E-state index contributed by atoms with van der Waals surface area (Å²) in [4.78, 5) is 0. The minimum atomic E-state index is 0.354. The first-order valence-electron chi connectivity index (χ1n) is 6.00. The van der Waals surface area contributed by atoms with Gasteiger partial charge >= 0.3 is 0 Å². The van der Waals surface area contributed by atoms with Crippen LogP contribution in [-0.2, 0) is 5.41 Å². The second-order valence-electron chi connectivity index (χ2n) is 4.61. The molecule has 2 rings (SSSR count). The molecule has 0 aromatic heterocycles. The van der Waals surface area contributed by atoms with Gasteiger partial charge in [0.25, 0.3) is 0 Å². The highest BCUT2D eigenvalue weighted by Crippen LogP contribution is 2.51. The SMILES string of the molecule is C#CCCC(NC)C1(c2ccccc2)CC1. The molecule has 84 valence electrons. The van der Waals surface area contributed by atoms with E-state index in [-0.39, 0.29) is 0 Å². The Hall–Kier alpha value is -1.26. The van der Waals surface area contributed by atoms with E-state index in [1.165, 1.54) is 18.4 Å². The van der Waals surface area contributed by atoms with Crippen molar-refractivity contribution in [3.8, 4) is 12.3 Å². The van der Waals surface area contributed by atoms with Crippen LogP contribution < -0.4 is 5.32 Å². The molecule has 1 aromatic rings. The molecule has 1 aromatic carbocycles. The highest BCUT2D eigenvalue weighted by molar-refractivity contribution is 5.33. The Morgan fingerprint density at radius 3 is 2.56 bits per heavy atom. The Morgan fingerprint density at radius 1 is 1.38 bits per heavy atom. The fourth-order valence-electron chi connectivity index (χ4n) is 2.67. The average Bonchev–Trinajstić information content (AvgIpc) is 3.13.